The summed E-state index contributed by atoms with van der Waals surface area (Å²) in [5, 5.41) is 0. The van der Waals surface area contributed by atoms with Crippen LogP contribution in [-0.2, 0) is 12.8 Å². The van der Waals surface area contributed by atoms with E-state index in [2.05, 4.69) is 65.6 Å². The Labute approximate surface area is 159 Å². The van der Waals surface area contributed by atoms with Crippen molar-refractivity contribution in [1.29, 1.82) is 0 Å². The van der Waals surface area contributed by atoms with Crippen molar-refractivity contribution in [1.82, 2.24) is 4.90 Å². The second-order valence-electron chi connectivity index (χ2n) is 7.91. The van der Waals surface area contributed by atoms with E-state index in [0.29, 0.717) is 0 Å². The highest BCUT2D eigenvalue weighted by atomic mass is 15.1. The third-order valence-electron chi connectivity index (χ3n) is 5.86. The second kappa shape index (κ2) is 10.5. The van der Waals surface area contributed by atoms with Crippen LogP contribution < -0.4 is 5.73 Å². The first-order valence-corrected chi connectivity index (χ1v) is 10.3. The van der Waals surface area contributed by atoms with E-state index in [1.54, 1.807) is 0 Å². The van der Waals surface area contributed by atoms with Crippen molar-refractivity contribution in [3.05, 3.63) is 71.8 Å². The molecule has 0 amide bonds. The minimum Gasteiger partial charge on any atom is -0.330 e. The molecule has 2 aromatic rings. The monoisotopic (exact) mass is 350 g/mol. The number of hydrogen-bond acceptors (Lipinski definition) is 2. The Hall–Kier alpha value is -1.64. The van der Waals surface area contributed by atoms with Crippen molar-refractivity contribution < 1.29 is 0 Å². The van der Waals surface area contributed by atoms with Crippen LogP contribution in [0.2, 0.25) is 0 Å². The maximum Gasteiger partial charge on any atom is 0.00221 e. The Bertz CT molecular complexity index is 567. The minimum absolute atomic E-state index is 0.749. The molecule has 140 valence electrons. The van der Waals surface area contributed by atoms with Gasteiger partial charge in [-0.25, -0.2) is 0 Å². The maximum atomic E-state index is 5.95. The van der Waals surface area contributed by atoms with Crippen LogP contribution in [0.1, 0.15) is 36.8 Å². The third kappa shape index (κ3) is 6.26. The van der Waals surface area contributed by atoms with E-state index in [4.69, 9.17) is 5.73 Å². The van der Waals surface area contributed by atoms with Crippen LogP contribution in [0.5, 0.6) is 0 Å². The number of nitrogens with zero attached hydrogens (tertiary/aromatic N) is 1. The number of rotatable bonds is 9. The van der Waals surface area contributed by atoms with Gasteiger partial charge in [-0.05, 0) is 61.6 Å². The first kappa shape index (κ1) is 19.1. The van der Waals surface area contributed by atoms with Crippen LogP contribution in [-0.4, -0.2) is 31.1 Å². The molecule has 2 heteroatoms. The summed E-state index contributed by atoms with van der Waals surface area (Å²) in [5.74, 6) is 1.57. The van der Waals surface area contributed by atoms with Crippen molar-refractivity contribution in [2.45, 2.75) is 38.5 Å². The Balaban J connectivity index is 1.56. The largest absolute Gasteiger partial charge is 0.330 e. The molecule has 1 aliphatic rings. The summed E-state index contributed by atoms with van der Waals surface area (Å²) in [6, 6.07) is 21.8. The molecular weight excluding hydrogens is 316 g/mol. The standard InChI is InChI=1S/C24H34N2/c25-19-23-12-7-13-24(18-23)20-26(16-14-21-8-3-1-4-9-21)17-15-22-10-5-2-6-11-22/h1-6,8-11,23-24H,7,12-20,25H2. The maximum absolute atomic E-state index is 5.95. The molecule has 0 saturated heterocycles. The number of benzene rings is 2. The van der Waals surface area contributed by atoms with Crippen LogP contribution in [0.3, 0.4) is 0 Å². The van der Waals surface area contributed by atoms with Gasteiger partial charge in [-0.3, -0.25) is 0 Å². The summed E-state index contributed by atoms with van der Waals surface area (Å²) in [4.78, 5) is 2.70. The Morgan fingerprint density at radius 1 is 0.769 bits per heavy atom. The summed E-state index contributed by atoms with van der Waals surface area (Å²) in [7, 11) is 0. The van der Waals surface area contributed by atoms with Crippen molar-refractivity contribution in [2.24, 2.45) is 17.6 Å². The molecular formula is C24H34N2. The molecule has 2 nitrogen and oxygen atoms in total. The molecule has 26 heavy (non-hydrogen) atoms. The van der Waals surface area contributed by atoms with E-state index in [0.717, 1.165) is 44.3 Å². The molecule has 0 heterocycles. The molecule has 2 aromatic carbocycles. The normalized spacial score (nSPS) is 20.4. The fourth-order valence-corrected chi connectivity index (χ4v) is 4.31. The van der Waals surface area contributed by atoms with E-state index >= 15 is 0 Å². The lowest BCUT2D eigenvalue weighted by Gasteiger charge is -2.33. The zero-order chi connectivity index (χ0) is 18.0. The Morgan fingerprint density at radius 2 is 1.31 bits per heavy atom. The molecule has 2 unspecified atom stereocenters. The zero-order valence-corrected chi connectivity index (χ0v) is 16.0. The average Bonchev–Trinajstić information content (AvgIpc) is 2.71. The summed E-state index contributed by atoms with van der Waals surface area (Å²) < 4.78 is 0. The molecule has 0 aliphatic heterocycles. The smallest absolute Gasteiger partial charge is 0.00221 e. The minimum atomic E-state index is 0.749. The zero-order valence-electron chi connectivity index (χ0n) is 16.0. The van der Waals surface area contributed by atoms with Gasteiger partial charge in [0.05, 0.1) is 0 Å². The summed E-state index contributed by atoms with van der Waals surface area (Å²) in [5.41, 5.74) is 8.84. The SMILES string of the molecule is NCC1CCCC(CN(CCc2ccccc2)CCc2ccccc2)C1. The number of nitrogens with two attached hydrogens (primary N) is 1. The van der Waals surface area contributed by atoms with Gasteiger partial charge in [0.2, 0.25) is 0 Å². The molecule has 2 atom stereocenters. The predicted octanol–water partition coefficient (Wildman–Crippen LogP) is 4.54. The van der Waals surface area contributed by atoms with Gasteiger partial charge in [-0.2, -0.15) is 0 Å². The van der Waals surface area contributed by atoms with Crippen molar-refractivity contribution in [3.8, 4) is 0 Å². The lowest BCUT2D eigenvalue weighted by molar-refractivity contribution is 0.178. The predicted molar refractivity (Wildman–Crippen MR) is 111 cm³/mol. The lowest BCUT2D eigenvalue weighted by Crippen LogP contribution is -2.36. The molecule has 2 N–H and O–H groups in total. The molecule has 1 saturated carbocycles. The van der Waals surface area contributed by atoms with Gasteiger partial charge in [0.15, 0.2) is 0 Å². The van der Waals surface area contributed by atoms with E-state index in [9.17, 15) is 0 Å². The van der Waals surface area contributed by atoms with Crippen LogP contribution in [0.4, 0.5) is 0 Å². The summed E-state index contributed by atoms with van der Waals surface area (Å²) >= 11 is 0. The molecule has 0 radical (unpaired) electrons. The molecule has 0 bridgehead atoms. The van der Waals surface area contributed by atoms with Gasteiger partial charge >= 0.3 is 0 Å². The molecule has 1 aliphatic carbocycles. The second-order valence-corrected chi connectivity index (χ2v) is 7.91. The quantitative estimate of drug-likeness (QED) is 0.719. The van der Waals surface area contributed by atoms with Crippen LogP contribution in [0, 0.1) is 11.8 Å². The average molecular weight is 351 g/mol. The highest BCUT2D eigenvalue weighted by molar-refractivity contribution is 5.16. The highest BCUT2D eigenvalue weighted by Crippen LogP contribution is 2.29. The van der Waals surface area contributed by atoms with Gasteiger partial charge in [-0.15, -0.1) is 0 Å². The van der Waals surface area contributed by atoms with Crippen molar-refractivity contribution >= 4 is 0 Å². The summed E-state index contributed by atoms with van der Waals surface area (Å²) in [6.07, 6.45) is 7.68. The van der Waals surface area contributed by atoms with Gasteiger partial charge in [0.1, 0.15) is 0 Å². The van der Waals surface area contributed by atoms with Crippen molar-refractivity contribution in [3.63, 3.8) is 0 Å². The van der Waals surface area contributed by atoms with E-state index in [-0.39, 0.29) is 0 Å². The van der Waals surface area contributed by atoms with E-state index in [1.807, 2.05) is 0 Å². The fraction of sp³-hybridized carbons (Fsp3) is 0.500. The fourth-order valence-electron chi connectivity index (χ4n) is 4.31. The molecule has 1 fully saturated rings. The first-order chi connectivity index (χ1) is 12.8. The van der Waals surface area contributed by atoms with E-state index < -0.39 is 0 Å². The van der Waals surface area contributed by atoms with Crippen LogP contribution >= 0.6 is 0 Å². The van der Waals surface area contributed by atoms with Crippen molar-refractivity contribution in [2.75, 3.05) is 26.2 Å². The lowest BCUT2D eigenvalue weighted by atomic mass is 9.81. The van der Waals surface area contributed by atoms with Gasteiger partial charge < -0.3 is 10.6 Å². The Kier molecular flexibility index (Phi) is 7.72. The molecule has 0 aromatic heterocycles. The summed E-state index contributed by atoms with van der Waals surface area (Å²) in [6.45, 7) is 4.40. The molecule has 0 spiro atoms. The van der Waals surface area contributed by atoms with Gasteiger partial charge in [-0.1, -0.05) is 67.1 Å². The van der Waals surface area contributed by atoms with Gasteiger partial charge in [0.25, 0.3) is 0 Å². The highest BCUT2D eigenvalue weighted by Gasteiger charge is 2.22. The topological polar surface area (TPSA) is 29.3 Å². The third-order valence-corrected chi connectivity index (χ3v) is 5.86. The van der Waals surface area contributed by atoms with Gasteiger partial charge in [0, 0.05) is 19.6 Å². The van der Waals surface area contributed by atoms with Crippen LogP contribution in [0.15, 0.2) is 60.7 Å². The number of hydrogen-bond donors (Lipinski definition) is 1. The first-order valence-electron chi connectivity index (χ1n) is 10.3. The van der Waals surface area contributed by atoms with Crippen LogP contribution in [0.25, 0.3) is 0 Å². The molecule has 3 rings (SSSR count). The Morgan fingerprint density at radius 3 is 1.85 bits per heavy atom. The van der Waals surface area contributed by atoms with E-state index in [1.165, 1.54) is 43.4 Å².